The van der Waals surface area contributed by atoms with Crippen LogP contribution in [0, 0.1) is 0 Å². The van der Waals surface area contributed by atoms with E-state index in [0.717, 1.165) is 47.0 Å². The molecule has 0 aliphatic heterocycles. The summed E-state index contributed by atoms with van der Waals surface area (Å²) in [5.41, 5.74) is -0.230. The van der Waals surface area contributed by atoms with Crippen molar-refractivity contribution in [1.29, 1.82) is 0 Å². The number of ketones is 1. The van der Waals surface area contributed by atoms with Crippen molar-refractivity contribution in [2.75, 3.05) is 0 Å². The molecule has 104 valence electrons. The molecular weight excluding hydrogens is 278 g/mol. The highest BCUT2D eigenvalue weighted by Crippen LogP contribution is 2.27. The van der Waals surface area contributed by atoms with Crippen molar-refractivity contribution in [3.63, 3.8) is 0 Å². The molecule has 2 aromatic rings. The van der Waals surface area contributed by atoms with E-state index in [1.165, 1.54) is 18.3 Å². The van der Waals surface area contributed by atoms with Gasteiger partial charge in [-0.15, -0.1) is 11.3 Å². The zero-order chi connectivity index (χ0) is 14.3. The summed E-state index contributed by atoms with van der Waals surface area (Å²) >= 11 is 1.36. The molecule has 2 aromatic heterocycles. The van der Waals surface area contributed by atoms with E-state index < -0.39 is 11.2 Å². The Balaban J connectivity index is 2.22. The number of rotatable bonds is 2. The summed E-state index contributed by atoms with van der Waals surface area (Å²) in [4.78, 5) is 43.5. The lowest BCUT2D eigenvalue weighted by atomic mass is 10.0. The van der Waals surface area contributed by atoms with Crippen LogP contribution in [0.15, 0.2) is 15.8 Å². The monoisotopic (exact) mass is 291 g/mol. The maximum absolute atomic E-state index is 12.2. The molecule has 0 radical (unpaired) electrons. The van der Waals surface area contributed by atoms with Crippen molar-refractivity contribution in [3.8, 4) is 5.13 Å². The van der Waals surface area contributed by atoms with E-state index in [9.17, 15) is 14.4 Å². The van der Waals surface area contributed by atoms with Crippen molar-refractivity contribution < 1.29 is 4.79 Å². The number of aromatic amines is 1. The van der Waals surface area contributed by atoms with Crippen LogP contribution in [0.2, 0.25) is 0 Å². The fraction of sp³-hybridized carbons (Fsp3) is 0.385. The molecule has 3 rings (SSSR count). The lowest BCUT2D eigenvalue weighted by molar-refractivity contribution is 0.101. The number of H-pyrrole nitrogens is 1. The summed E-state index contributed by atoms with van der Waals surface area (Å²) in [6.07, 6.45) is 5.16. The largest absolute Gasteiger partial charge is 0.334 e. The van der Waals surface area contributed by atoms with Gasteiger partial charge in [-0.05, 0) is 32.6 Å². The Hall–Kier alpha value is -2.02. The number of carbonyl (C=O) groups is 1. The Labute approximate surface area is 118 Å². The van der Waals surface area contributed by atoms with Crippen LogP contribution < -0.4 is 11.2 Å². The number of hydrogen-bond acceptors (Lipinski definition) is 5. The number of aromatic nitrogens is 3. The molecular formula is C13H13N3O3S. The summed E-state index contributed by atoms with van der Waals surface area (Å²) in [6, 6.07) is 0. The first-order valence-corrected chi connectivity index (χ1v) is 7.24. The molecule has 0 amide bonds. The summed E-state index contributed by atoms with van der Waals surface area (Å²) in [6.45, 7) is 1.30. The van der Waals surface area contributed by atoms with Gasteiger partial charge in [0.05, 0.1) is 11.3 Å². The number of thiazole rings is 1. The predicted octanol–water partition coefficient (Wildman–Crippen LogP) is 1.06. The molecule has 0 unspecified atom stereocenters. The van der Waals surface area contributed by atoms with Gasteiger partial charge in [-0.2, -0.15) is 0 Å². The zero-order valence-electron chi connectivity index (χ0n) is 10.9. The van der Waals surface area contributed by atoms with E-state index >= 15 is 0 Å². The fourth-order valence-electron chi connectivity index (χ4n) is 2.33. The number of hydrogen-bond donors (Lipinski definition) is 1. The van der Waals surface area contributed by atoms with Crippen molar-refractivity contribution >= 4 is 17.1 Å². The first kappa shape index (κ1) is 13.0. The lowest BCUT2D eigenvalue weighted by Gasteiger charge is -2.06. The smallest absolute Gasteiger partial charge is 0.313 e. The molecule has 1 N–H and O–H groups in total. The Kier molecular flexibility index (Phi) is 3.13. The summed E-state index contributed by atoms with van der Waals surface area (Å²) in [5, 5.41) is 0.353. The molecule has 0 saturated heterocycles. The topological polar surface area (TPSA) is 84.8 Å². The second-order valence-electron chi connectivity index (χ2n) is 4.78. The molecule has 1 aliphatic carbocycles. The zero-order valence-corrected chi connectivity index (χ0v) is 11.7. The highest BCUT2D eigenvalue weighted by Gasteiger charge is 2.19. The Morgan fingerprint density at radius 2 is 2.10 bits per heavy atom. The molecule has 2 heterocycles. The number of nitrogens with one attached hydrogen (secondary N) is 1. The lowest BCUT2D eigenvalue weighted by Crippen LogP contribution is -2.36. The molecule has 20 heavy (non-hydrogen) atoms. The molecule has 0 fully saturated rings. The van der Waals surface area contributed by atoms with Gasteiger partial charge < -0.3 is 4.98 Å². The van der Waals surface area contributed by atoms with Crippen LogP contribution in [-0.4, -0.2) is 20.3 Å². The summed E-state index contributed by atoms with van der Waals surface area (Å²) in [5.74, 6) is -0.374. The minimum absolute atomic E-state index is 0.0298. The van der Waals surface area contributed by atoms with Crippen LogP contribution in [0.4, 0.5) is 0 Å². The molecule has 1 aliphatic rings. The maximum atomic E-state index is 12.2. The summed E-state index contributed by atoms with van der Waals surface area (Å²) < 4.78 is 0.958. The predicted molar refractivity (Wildman–Crippen MR) is 75.0 cm³/mol. The molecule has 7 heteroatoms. The van der Waals surface area contributed by atoms with Gasteiger partial charge in [0.1, 0.15) is 0 Å². The van der Waals surface area contributed by atoms with Crippen molar-refractivity contribution in [2.24, 2.45) is 0 Å². The van der Waals surface area contributed by atoms with Crippen LogP contribution >= 0.6 is 11.3 Å². The second-order valence-corrected chi connectivity index (χ2v) is 5.84. The minimum Gasteiger partial charge on any atom is -0.313 e. The van der Waals surface area contributed by atoms with Crippen molar-refractivity contribution in [2.45, 2.75) is 32.6 Å². The van der Waals surface area contributed by atoms with Crippen molar-refractivity contribution in [3.05, 3.63) is 43.2 Å². The third kappa shape index (κ3) is 2.03. The van der Waals surface area contributed by atoms with E-state index in [4.69, 9.17) is 0 Å². The van der Waals surface area contributed by atoms with E-state index in [2.05, 4.69) is 9.97 Å². The van der Waals surface area contributed by atoms with Gasteiger partial charge in [-0.1, -0.05) is 0 Å². The molecule has 0 saturated carbocycles. The SMILES string of the molecule is CC(=O)c1c[nH]c(=O)n(-c2nc3c(s2)CCCC3)c1=O. The van der Waals surface area contributed by atoms with E-state index in [1.807, 2.05) is 0 Å². The Morgan fingerprint density at radius 3 is 2.80 bits per heavy atom. The average Bonchev–Trinajstić information content (AvgIpc) is 2.81. The molecule has 0 spiro atoms. The van der Waals surface area contributed by atoms with Gasteiger partial charge in [-0.25, -0.2) is 14.3 Å². The highest BCUT2D eigenvalue weighted by molar-refractivity contribution is 7.14. The summed E-state index contributed by atoms with van der Waals surface area (Å²) in [7, 11) is 0. The molecule has 0 atom stereocenters. The third-order valence-corrected chi connectivity index (χ3v) is 4.52. The van der Waals surface area contributed by atoms with E-state index in [0.29, 0.717) is 5.13 Å². The van der Waals surface area contributed by atoms with E-state index in [1.54, 1.807) is 0 Å². The third-order valence-electron chi connectivity index (χ3n) is 3.38. The van der Waals surface area contributed by atoms with Crippen LogP contribution in [0.25, 0.3) is 5.13 Å². The Morgan fingerprint density at radius 1 is 1.35 bits per heavy atom. The quantitative estimate of drug-likeness (QED) is 0.839. The first-order valence-electron chi connectivity index (χ1n) is 6.42. The standard InChI is InChI=1S/C13H13N3O3S/c1-7(17)8-6-14-12(19)16(11(8)18)13-15-9-4-2-3-5-10(9)20-13/h6H,2-5H2,1H3,(H,14,19). The van der Waals surface area contributed by atoms with Gasteiger partial charge in [0.2, 0.25) is 5.13 Å². The number of aryl methyl sites for hydroxylation is 2. The fourth-order valence-corrected chi connectivity index (χ4v) is 3.48. The normalized spacial score (nSPS) is 14.1. The van der Waals surface area contributed by atoms with Crippen molar-refractivity contribution in [1.82, 2.24) is 14.5 Å². The number of nitrogens with zero attached hydrogens (tertiary/aromatic N) is 2. The van der Waals surface area contributed by atoms with Gasteiger partial charge in [0.25, 0.3) is 5.56 Å². The highest BCUT2D eigenvalue weighted by atomic mass is 32.1. The molecule has 0 aromatic carbocycles. The van der Waals surface area contributed by atoms with Crippen LogP contribution in [-0.2, 0) is 12.8 Å². The van der Waals surface area contributed by atoms with Gasteiger partial charge in [-0.3, -0.25) is 9.59 Å². The van der Waals surface area contributed by atoms with Gasteiger partial charge in [0, 0.05) is 11.1 Å². The maximum Gasteiger partial charge on any atom is 0.334 e. The van der Waals surface area contributed by atoms with Gasteiger partial charge >= 0.3 is 5.69 Å². The van der Waals surface area contributed by atoms with Crippen LogP contribution in [0.3, 0.4) is 0 Å². The first-order chi connectivity index (χ1) is 9.58. The minimum atomic E-state index is -0.604. The Bertz CT molecular complexity index is 776. The average molecular weight is 291 g/mol. The van der Waals surface area contributed by atoms with Crippen LogP contribution in [0.1, 0.15) is 40.7 Å². The number of Topliss-reactive ketones (excluding diaryl/α,β-unsaturated/α-hetero) is 1. The molecule has 6 nitrogen and oxygen atoms in total. The van der Waals surface area contributed by atoms with E-state index in [-0.39, 0.29) is 11.3 Å². The van der Waals surface area contributed by atoms with Gasteiger partial charge in [0.15, 0.2) is 5.78 Å². The second kappa shape index (κ2) is 4.82. The number of fused-ring (bicyclic) bond motifs is 1. The van der Waals surface area contributed by atoms with Crippen LogP contribution in [0.5, 0.6) is 0 Å². The number of carbonyl (C=O) groups excluding carboxylic acids is 1. The molecule has 0 bridgehead atoms.